The van der Waals surface area contributed by atoms with Crippen molar-refractivity contribution in [1.82, 2.24) is 10.3 Å². The average molecular weight is 340 g/mol. The second-order valence-corrected chi connectivity index (χ2v) is 7.25. The number of carbonyl (C=O) groups is 2. The van der Waals surface area contributed by atoms with Crippen LogP contribution in [-0.4, -0.2) is 22.0 Å². The molecule has 2 N–H and O–H groups in total. The van der Waals surface area contributed by atoms with Crippen molar-refractivity contribution in [3.63, 3.8) is 0 Å². The standard InChI is InChI=1S/C20H24N2O3/c1-13-6-5-11-21-17(13)18(20(2,3)4)22-16(23)12-14-7-9-15(10-8-14)19(24)25/h5-11,18H,12H2,1-4H3,(H,22,23)(H,24,25). The van der Waals surface area contributed by atoms with Crippen molar-refractivity contribution in [3.8, 4) is 0 Å². The van der Waals surface area contributed by atoms with Crippen LogP contribution in [0.2, 0.25) is 0 Å². The van der Waals surface area contributed by atoms with Gasteiger partial charge in [-0.1, -0.05) is 39.0 Å². The third-order valence-electron chi connectivity index (χ3n) is 4.06. The first-order valence-corrected chi connectivity index (χ1v) is 8.21. The molecular weight excluding hydrogens is 316 g/mol. The van der Waals surface area contributed by atoms with Crippen LogP contribution in [0.25, 0.3) is 0 Å². The molecule has 1 amide bonds. The van der Waals surface area contributed by atoms with Crippen LogP contribution in [-0.2, 0) is 11.2 Å². The zero-order chi connectivity index (χ0) is 18.6. The lowest BCUT2D eigenvalue weighted by molar-refractivity contribution is -0.122. The third kappa shape index (κ3) is 4.89. The second kappa shape index (κ2) is 7.47. The zero-order valence-electron chi connectivity index (χ0n) is 15.0. The molecule has 25 heavy (non-hydrogen) atoms. The summed E-state index contributed by atoms with van der Waals surface area (Å²) in [4.78, 5) is 27.9. The highest BCUT2D eigenvalue weighted by molar-refractivity contribution is 5.87. The maximum atomic E-state index is 12.5. The second-order valence-electron chi connectivity index (χ2n) is 7.25. The Hall–Kier alpha value is -2.69. The molecule has 0 bridgehead atoms. The van der Waals surface area contributed by atoms with E-state index in [-0.39, 0.29) is 29.3 Å². The highest BCUT2D eigenvalue weighted by atomic mass is 16.4. The number of aromatic nitrogens is 1. The molecule has 0 saturated heterocycles. The van der Waals surface area contributed by atoms with E-state index in [1.165, 1.54) is 12.1 Å². The van der Waals surface area contributed by atoms with Gasteiger partial charge in [0.25, 0.3) is 0 Å². The predicted molar refractivity (Wildman–Crippen MR) is 96.4 cm³/mol. The topological polar surface area (TPSA) is 79.3 Å². The molecule has 5 nitrogen and oxygen atoms in total. The summed E-state index contributed by atoms with van der Waals surface area (Å²) >= 11 is 0. The molecule has 0 aliphatic rings. The van der Waals surface area contributed by atoms with E-state index in [4.69, 9.17) is 5.11 Å². The number of aryl methyl sites for hydroxylation is 1. The van der Waals surface area contributed by atoms with Crippen LogP contribution in [0.5, 0.6) is 0 Å². The van der Waals surface area contributed by atoms with E-state index in [2.05, 4.69) is 31.1 Å². The van der Waals surface area contributed by atoms with Crippen molar-refractivity contribution in [2.45, 2.75) is 40.2 Å². The number of aromatic carboxylic acids is 1. The molecule has 2 aromatic rings. The van der Waals surface area contributed by atoms with Crippen LogP contribution in [0.15, 0.2) is 42.6 Å². The molecule has 0 aliphatic heterocycles. The fraction of sp³-hybridized carbons (Fsp3) is 0.350. The van der Waals surface area contributed by atoms with Gasteiger partial charge in [-0.2, -0.15) is 0 Å². The van der Waals surface area contributed by atoms with Crippen LogP contribution < -0.4 is 5.32 Å². The van der Waals surface area contributed by atoms with Crippen LogP contribution in [0.1, 0.15) is 54.0 Å². The molecule has 0 aliphatic carbocycles. The van der Waals surface area contributed by atoms with Crippen LogP contribution in [0.4, 0.5) is 0 Å². The Morgan fingerprint density at radius 3 is 2.32 bits per heavy atom. The van der Waals surface area contributed by atoms with Crippen LogP contribution in [0, 0.1) is 12.3 Å². The van der Waals surface area contributed by atoms with Gasteiger partial charge in [0.1, 0.15) is 0 Å². The molecule has 0 radical (unpaired) electrons. The maximum absolute atomic E-state index is 12.5. The normalized spacial score (nSPS) is 12.5. The van der Waals surface area contributed by atoms with Crippen LogP contribution in [0.3, 0.4) is 0 Å². The first-order valence-electron chi connectivity index (χ1n) is 8.21. The van der Waals surface area contributed by atoms with E-state index >= 15 is 0 Å². The Labute approximate surface area is 148 Å². The van der Waals surface area contributed by atoms with Gasteiger partial charge in [-0.15, -0.1) is 0 Å². The summed E-state index contributed by atoms with van der Waals surface area (Å²) in [5.41, 5.74) is 2.69. The largest absolute Gasteiger partial charge is 0.478 e. The first-order chi connectivity index (χ1) is 11.7. The number of pyridine rings is 1. The molecule has 1 unspecified atom stereocenters. The van der Waals surface area contributed by atoms with Crippen molar-refractivity contribution in [2.24, 2.45) is 5.41 Å². The number of carboxylic acid groups (broad SMARTS) is 1. The van der Waals surface area contributed by atoms with Gasteiger partial charge in [-0.05, 0) is 41.7 Å². The minimum atomic E-state index is -0.977. The molecule has 1 heterocycles. The number of rotatable bonds is 5. The van der Waals surface area contributed by atoms with Gasteiger partial charge < -0.3 is 10.4 Å². The molecule has 0 fully saturated rings. The number of amides is 1. The zero-order valence-corrected chi connectivity index (χ0v) is 15.0. The van der Waals surface area contributed by atoms with E-state index in [0.717, 1.165) is 16.8 Å². The van der Waals surface area contributed by atoms with E-state index in [0.29, 0.717) is 0 Å². The summed E-state index contributed by atoms with van der Waals surface area (Å²) in [5, 5.41) is 12.0. The van der Waals surface area contributed by atoms with E-state index in [1.54, 1.807) is 18.3 Å². The Morgan fingerprint density at radius 2 is 1.80 bits per heavy atom. The van der Waals surface area contributed by atoms with E-state index < -0.39 is 5.97 Å². The van der Waals surface area contributed by atoms with Gasteiger partial charge in [0.15, 0.2) is 0 Å². The minimum Gasteiger partial charge on any atom is -0.478 e. The Morgan fingerprint density at radius 1 is 1.16 bits per heavy atom. The Balaban J connectivity index is 2.15. The Kier molecular flexibility index (Phi) is 5.57. The summed E-state index contributed by atoms with van der Waals surface area (Å²) in [5.74, 6) is -1.09. The molecule has 2 rings (SSSR count). The van der Waals surface area contributed by atoms with Crippen LogP contribution >= 0.6 is 0 Å². The number of carbonyl (C=O) groups excluding carboxylic acids is 1. The fourth-order valence-electron chi connectivity index (χ4n) is 2.66. The maximum Gasteiger partial charge on any atom is 0.335 e. The van der Waals surface area contributed by atoms with Crippen molar-refractivity contribution in [1.29, 1.82) is 0 Å². The SMILES string of the molecule is Cc1cccnc1C(NC(=O)Cc1ccc(C(=O)O)cc1)C(C)(C)C. The van der Waals surface area contributed by atoms with Crippen molar-refractivity contribution in [2.75, 3.05) is 0 Å². The highest BCUT2D eigenvalue weighted by Crippen LogP contribution is 2.33. The molecular formula is C20H24N2O3. The molecule has 1 atom stereocenters. The monoisotopic (exact) mass is 340 g/mol. The predicted octanol–water partition coefficient (Wildman–Crippen LogP) is 3.53. The molecule has 1 aromatic carbocycles. The van der Waals surface area contributed by atoms with Gasteiger partial charge >= 0.3 is 5.97 Å². The summed E-state index contributed by atoms with van der Waals surface area (Å²) < 4.78 is 0. The van der Waals surface area contributed by atoms with E-state index in [1.807, 2.05) is 19.1 Å². The molecule has 0 saturated carbocycles. The molecule has 1 aromatic heterocycles. The Bertz CT molecular complexity index is 761. The van der Waals surface area contributed by atoms with Gasteiger partial charge in [0.2, 0.25) is 5.91 Å². The number of nitrogens with zero attached hydrogens (tertiary/aromatic N) is 1. The lowest BCUT2D eigenvalue weighted by Crippen LogP contribution is -2.38. The first kappa shape index (κ1) is 18.6. The molecule has 0 spiro atoms. The number of hydrogen-bond acceptors (Lipinski definition) is 3. The summed E-state index contributed by atoms with van der Waals surface area (Å²) in [6.45, 7) is 8.17. The average Bonchev–Trinajstić information content (AvgIpc) is 2.53. The minimum absolute atomic E-state index is 0.118. The fourth-order valence-corrected chi connectivity index (χ4v) is 2.66. The molecule has 132 valence electrons. The summed E-state index contributed by atoms with van der Waals surface area (Å²) in [6.07, 6.45) is 1.93. The van der Waals surface area contributed by atoms with Crippen molar-refractivity contribution >= 4 is 11.9 Å². The lowest BCUT2D eigenvalue weighted by Gasteiger charge is -2.32. The smallest absolute Gasteiger partial charge is 0.335 e. The number of benzene rings is 1. The van der Waals surface area contributed by atoms with Gasteiger partial charge in [-0.3, -0.25) is 9.78 Å². The quantitative estimate of drug-likeness (QED) is 0.872. The number of nitrogens with one attached hydrogen (secondary N) is 1. The van der Waals surface area contributed by atoms with Gasteiger partial charge in [0.05, 0.1) is 23.7 Å². The van der Waals surface area contributed by atoms with Crippen molar-refractivity contribution < 1.29 is 14.7 Å². The van der Waals surface area contributed by atoms with Crippen molar-refractivity contribution in [3.05, 3.63) is 65.0 Å². The highest BCUT2D eigenvalue weighted by Gasteiger charge is 2.30. The summed E-state index contributed by atoms with van der Waals surface area (Å²) in [7, 11) is 0. The number of hydrogen-bond donors (Lipinski definition) is 2. The molecule has 5 heteroatoms. The third-order valence-corrected chi connectivity index (χ3v) is 4.06. The van der Waals surface area contributed by atoms with Gasteiger partial charge in [0, 0.05) is 6.20 Å². The number of carboxylic acids is 1. The van der Waals surface area contributed by atoms with E-state index in [9.17, 15) is 9.59 Å². The summed E-state index contributed by atoms with van der Waals surface area (Å²) in [6, 6.07) is 10.0. The lowest BCUT2D eigenvalue weighted by atomic mass is 9.83. The van der Waals surface area contributed by atoms with Gasteiger partial charge in [-0.25, -0.2) is 4.79 Å².